The molecule has 1 saturated heterocycles. The lowest BCUT2D eigenvalue weighted by Gasteiger charge is -2.29. The highest BCUT2D eigenvalue weighted by molar-refractivity contribution is 5.67. The van der Waals surface area contributed by atoms with Gasteiger partial charge in [-0.2, -0.15) is 0 Å². The number of nitrogens with zero attached hydrogens (tertiary/aromatic N) is 1. The fourth-order valence-corrected chi connectivity index (χ4v) is 1.95. The Kier molecular flexibility index (Phi) is 5.60. The van der Waals surface area contributed by atoms with Gasteiger partial charge in [-0.3, -0.25) is 0 Å². The summed E-state index contributed by atoms with van der Waals surface area (Å²) in [5, 5.41) is 3.44. The maximum atomic E-state index is 11.7. The Morgan fingerprint density at radius 2 is 2.25 bits per heavy atom. The molecule has 94 valence electrons. The molecule has 1 aliphatic heterocycles. The van der Waals surface area contributed by atoms with Gasteiger partial charge in [0.25, 0.3) is 0 Å². The molecule has 0 bridgehead atoms. The van der Waals surface area contributed by atoms with Crippen molar-refractivity contribution in [1.82, 2.24) is 10.2 Å². The number of ether oxygens (including phenoxy) is 1. The third kappa shape index (κ3) is 4.39. The van der Waals surface area contributed by atoms with Crippen molar-refractivity contribution in [3.63, 3.8) is 0 Å². The Morgan fingerprint density at radius 3 is 2.75 bits per heavy atom. The third-order valence-electron chi connectivity index (χ3n) is 2.83. The van der Waals surface area contributed by atoms with Gasteiger partial charge < -0.3 is 15.0 Å². The predicted octanol–water partition coefficient (Wildman–Crippen LogP) is 2.00. The van der Waals surface area contributed by atoms with Crippen LogP contribution in [0.3, 0.4) is 0 Å². The molecular weight excluding hydrogens is 204 g/mol. The summed E-state index contributed by atoms with van der Waals surface area (Å²) in [4.78, 5) is 13.5. The van der Waals surface area contributed by atoms with Crippen LogP contribution in [-0.2, 0) is 4.74 Å². The molecule has 0 aromatic carbocycles. The Bertz CT molecular complexity index is 213. The first-order valence-corrected chi connectivity index (χ1v) is 6.32. The molecule has 0 radical (unpaired) electrons. The maximum Gasteiger partial charge on any atom is 0.410 e. The van der Waals surface area contributed by atoms with E-state index in [9.17, 15) is 4.79 Å². The van der Waals surface area contributed by atoms with E-state index in [1.807, 2.05) is 20.8 Å². The number of carbonyl (C=O) groups is 1. The number of hydrogen-bond acceptors (Lipinski definition) is 3. The minimum Gasteiger partial charge on any atom is -0.447 e. The molecule has 16 heavy (non-hydrogen) atoms. The van der Waals surface area contributed by atoms with Crippen LogP contribution in [0.5, 0.6) is 0 Å². The molecule has 1 heterocycles. The van der Waals surface area contributed by atoms with E-state index >= 15 is 0 Å². The second-order valence-electron chi connectivity index (χ2n) is 4.62. The minimum absolute atomic E-state index is 0.0409. The van der Waals surface area contributed by atoms with Gasteiger partial charge in [0, 0.05) is 19.1 Å². The van der Waals surface area contributed by atoms with E-state index in [1.54, 1.807) is 4.90 Å². The standard InChI is InChI=1S/C12H24N2O2/c1-4-14(12(15)16-10(2)3)9-11-7-5-6-8-13-11/h10-11,13H,4-9H2,1-3H3. The van der Waals surface area contributed by atoms with Crippen molar-refractivity contribution in [2.75, 3.05) is 19.6 Å². The molecule has 1 N–H and O–H groups in total. The first-order valence-electron chi connectivity index (χ1n) is 6.32. The van der Waals surface area contributed by atoms with Crippen LogP contribution in [-0.4, -0.2) is 42.8 Å². The van der Waals surface area contributed by atoms with Crippen molar-refractivity contribution in [1.29, 1.82) is 0 Å². The Balaban J connectivity index is 2.37. The van der Waals surface area contributed by atoms with E-state index < -0.39 is 0 Å². The van der Waals surface area contributed by atoms with Crippen LogP contribution in [0.15, 0.2) is 0 Å². The van der Waals surface area contributed by atoms with Crippen LogP contribution in [0.2, 0.25) is 0 Å². The zero-order chi connectivity index (χ0) is 12.0. The Morgan fingerprint density at radius 1 is 1.50 bits per heavy atom. The van der Waals surface area contributed by atoms with Crippen LogP contribution in [0, 0.1) is 0 Å². The van der Waals surface area contributed by atoms with Gasteiger partial charge >= 0.3 is 6.09 Å². The molecule has 0 aromatic heterocycles. The summed E-state index contributed by atoms with van der Waals surface area (Å²) in [5.41, 5.74) is 0. The lowest BCUT2D eigenvalue weighted by Crippen LogP contribution is -2.46. The molecule has 1 rings (SSSR count). The smallest absolute Gasteiger partial charge is 0.410 e. The summed E-state index contributed by atoms with van der Waals surface area (Å²) in [6.45, 7) is 8.30. The number of nitrogens with one attached hydrogen (secondary N) is 1. The number of likely N-dealkylation sites (N-methyl/N-ethyl adjacent to an activating group) is 1. The largest absolute Gasteiger partial charge is 0.447 e. The van der Waals surface area contributed by atoms with Gasteiger partial charge in [-0.05, 0) is 40.2 Å². The normalized spacial score (nSPS) is 20.9. The van der Waals surface area contributed by atoms with E-state index in [0.717, 1.165) is 19.5 Å². The summed E-state index contributed by atoms with van der Waals surface area (Å²) in [6, 6.07) is 0.438. The summed E-state index contributed by atoms with van der Waals surface area (Å²) in [6.07, 6.45) is 3.43. The molecule has 0 saturated carbocycles. The van der Waals surface area contributed by atoms with Crippen molar-refractivity contribution in [3.05, 3.63) is 0 Å². The van der Waals surface area contributed by atoms with E-state index in [0.29, 0.717) is 12.6 Å². The molecule has 0 aliphatic carbocycles. The van der Waals surface area contributed by atoms with E-state index in [1.165, 1.54) is 12.8 Å². The van der Waals surface area contributed by atoms with Crippen molar-refractivity contribution < 1.29 is 9.53 Å². The van der Waals surface area contributed by atoms with Crippen LogP contribution in [0.4, 0.5) is 4.79 Å². The quantitative estimate of drug-likeness (QED) is 0.800. The summed E-state index contributed by atoms with van der Waals surface area (Å²) in [7, 11) is 0. The average molecular weight is 228 g/mol. The maximum absolute atomic E-state index is 11.7. The molecule has 4 nitrogen and oxygen atoms in total. The van der Waals surface area contributed by atoms with E-state index in [2.05, 4.69) is 5.32 Å². The second kappa shape index (κ2) is 6.74. The highest BCUT2D eigenvalue weighted by atomic mass is 16.6. The van der Waals surface area contributed by atoms with Gasteiger partial charge in [0.2, 0.25) is 0 Å². The molecule has 1 aliphatic rings. The van der Waals surface area contributed by atoms with Crippen LogP contribution in [0.25, 0.3) is 0 Å². The highest BCUT2D eigenvalue weighted by Gasteiger charge is 2.20. The summed E-state index contributed by atoms with van der Waals surface area (Å²) < 4.78 is 5.20. The fourth-order valence-electron chi connectivity index (χ4n) is 1.95. The van der Waals surface area contributed by atoms with Gasteiger partial charge in [0.1, 0.15) is 0 Å². The Hall–Kier alpha value is -0.770. The van der Waals surface area contributed by atoms with Gasteiger partial charge in [0.05, 0.1) is 6.10 Å². The summed E-state index contributed by atoms with van der Waals surface area (Å²) >= 11 is 0. The molecule has 1 amide bonds. The van der Waals surface area contributed by atoms with Gasteiger partial charge in [0.15, 0.2) is 0 Å². The monoisotopic (exact) mass is 228 g/mol. The van der Waals surface area contributed by atoms with Crippen LogP contribution < -0.4 is 5.32 Å². The van der Waals surface area contributed by atoms with E-state index in [4.69, 9.17) is 4.74 Å². The zero-order valence-electron chi connectivity index (χ0n) is 10.7. The SMILES string of the molecule is CCN(CC1CCCCN1)C(=O)OC(C)C. The van der Waals surface area contributed by atoms with Gasteiger partial charge in [-0.1, -0.05) is 6.42 Å². The summed E-state index contributed by atoms with van der Waals surface area (Å²) in [5.74, 6) is 0. The van der Waals surface area contributed by atoms with Crippen molar-refractivity contribution in [2.24, 2.45) is 0 Å². The van der Waals surface area contributed by atoms with Crippen molar-refractivity contribution in [2.45, 2.75) is 52.2 Å². The lowest BCUT2D eigenvalue weighted by molar-refractivity contribution is 0.0742. The number of rotatable bonds is 4. The molecule has 4 heteroatoms. The van der Waals surface area contributed by atoms with E-state index in [-0.39, 0.29) is 12.2 Å². The van der Waals surface area contributed by atoms with Crippen molar-refractivity contribution >= 4 is 6.09 Å². The number of hydrogen-bond donors (Lipinski definition) is 1. The average Bonchev–Trinajstić information content (AvgIpc) is 2.26. The first-order chi connectivity index (χ1) is 7.63. The molecule has 0 spiro atoms. The fraction of sp³-hybridized carbons (Fsp3) is 0.917. The number of amides is 1. The van der Waals surface area contributed by atoms with Gasteiger partial charge in [-0.25, -0.2) is 4.79 Å². The number of carbonyl (C=O) groups excluding carboxylic acids is 1. The highest BCUT2D eigenvalue weighted by Crippen LogP contribution is 2.09. The first kappa shape index (κ1) is 13.3. The topological polar surface area (TPSA) is 41.6 Å². The minimum atomic E-state index is -0.190. The third-order valence-corrected chi connectivity index (χ3v) is 2.83. The van der Waals surface area contributed by atoms with Gasteiger partial charge in [-0.15, -0.1) is 0 Å². The number of piperidine rings is 1. The van der Waals surface area contributed by atoms with Crippen molar-refractivity contribution in [3.8, 4) is 0 Å². The predicted molar refractivity (Wildman–Crippen MR) is 64.5 cm³/mol. The van der Waals surface area contributed by atoms with Crippen LogP contribution in [0.1, 0.15) is 40.0 Å². The molecular formula is C12H24N2O2. The molecule has 1 fully saturated rings. The Labute approximate surface area is 98.3 Å². The molecule has 1 atom stereocenters. The molecule has 0 aromatic rings. The molecule has 1 unspecified atom stereocenters. The van der Waals surface area contributed by atoms with Crippen LogP contribution >= 0.6 is 0 Å². The lowest BCUT2D eigenvalue weighted by atomic mass is 10.0. The second-order valence-corrected chi connectivity index (χ2v) is 4.62. The zero-order valence-corrected chi connectivity index (χ0v) is 10.7.